The summed E-state index contributed by atoms with van der Waals surface area (Å²) >= 11 is 0. The first-order chi connectivity index (χ1) is 9.94. The molecule has 0 spiro atoms. The van der Waals surface area contributed by atoms with Crippen LogP contribution in [0.2, 0.25) is 0 Å². The Hall–Kier alpha value is -1.60. The van der Waals surface area contributed by atoms with Crippen LogP contribution in [0.3, 0.4) is 0 Å². The van der Waals surface area contributed by atoms with Crippen molar-refractivity contribution in [3.05, 3.63) is 23.8 Å². The Bertz CT molecular complexity index is 622. The molecule has 1 saturated carbocycles. The van der Waals surface area contributed by atoms with Gasteiger partial charge in [0.2, 0.25) is 10.0 Å². The Morgan fingerprint density at radius 3 is 2.57 bits per heavy atom. The van der Waals surface area contributed by atoms with Crippen molar-refractivity contribution in [2.24, 2.45) is 0 Å². The van der Waals surface area contributed by atoms with Crippen LogP contribution >= 0.6 is 0 Å². The van der Waals surface area contributed by atoms with Crippen molar-refractivity contribution in [3.63, 3.8) is 0 Å². The number of sulfonamides is 1. The zero-order chi connectivity index (χ0) is 15.5. The second kappa shape index (κ2) is 6.44. The standard InChI is InChI=1S/C14H20N2O4S/c1-2-15-21(19,20)13-9-10(14(17)18)7-8-12(13)16-11-5-3-4-6-11/h7-9,11,15-16H,2-6H2,1H3,(H,17,18). The molecule has 1 aliphatic carbocycles. The number of benzene rings is 1. The average molecular weight is 312 g/mol. The van der Waals surface area contributed by atoms with E-state index in [1.54, 1.807) is 6.92 Å². The lowest BCUT2D eigenvalue weighted by atomic mass is 10.2. The summed E-state index contributed by atoms with van der Waals surface area (Å²) in [4.78, 5) is 11.1. The minimum Gasteiger partial charge on any atom is -0.478 e. The third kappa shape index (κ3) is 3.74. The molecule has 3 N–H and O–H groups in total. The number of nitrogens with one attached hydrogen (secondary N) is 2. The maximum absolute atomic E-state index is 12.3. The van der Waals surface area contributed by atoms with Gasteiger partial charge in [0.05, 0.1) is 11.3 Å². The molecule has 1 aliphatic rings. The van der Waals surface area contributed by atoms with Gasteiger partial charge in [0, 0.05) is 12.6 Å². The first-order valence-corrected chi connectivity index (χ1v) is 8.56. The Morgan fingerprint density at radius 1 is 1.33 bits per heavy atom. The Morgan fingerprint density at radius 2 is 2.00 bits per heavy atom. The lowest BCUT2D eigenvalue weighted by Gasteiger charge is -2.17. The largest absolute Gasteiger partial charge is 0.478 e. The highest BCUT2D eigenvalue weighted by Gasteiger charge is 2.23. The van der Waals surface area contributed by atoms with Gasteiger partial charge in [-0.2, -0.15) is 0 Å². The van der Waals surface area contributed by atoms with E-state index in [4.69, 9.17) is 5.11 Å². The Kier molecular flexibility index (Phi) is 4.84. The van der Waals surface area contributed by atoms with E-state index in [0.29, 0.717) is 5.69 Å². The Labute approximate surface area is 124 Å². The molecule has 7 heteroatoms. The molecule has 0 amide bonds. The topological polar surface area (TPSA) is 95.5 Å². The number of aromatic carboxylic acids is 1. The van der Waals surface area contributed by atoms with Gasteiger partial charge in [-0.15, -0.1) is 0 Å². The van der Waals surface area contributed by atoms with Crippen LogP contribution in [-0.4, -0.2) is 32.1 Å². The predicted octanol–water partition coefficient (Wildman–Crippen LogP) is 2.04. The maximum Gasteiger partial charge on any atom is 0.335 e. The van der Waals surface area contributed by atoms with Crippen LogP contribution in [0, 0.1) is 0 Å². The predicted molar refractivity (Wildman–Crippen MR) is 80.1 cm³/mol. The first kappa shape index (κ1) is 15.8. The lowest BCUT2D eigenvalue weighted by molar-refractivity contribution is 0.0696. The van der Waals surface area contributed by atoms with Gasteiger partial charge in [-0.1, -0.05) is 19.8 Å². The highest BCUT2D eigenvalue weighted by Crippen LogP contribution is 2.28. The van der Waals surface area contributed by atoms with E-state index >= 15 is 0 Å². The molecule has 1 aromatic carbocycles. The van der Waals surface area contributed by atoms with Gasteiger partial charge >= 0.3 is 5.97 Å². The van der Waals surface area contributed by atoms with Crippen molar-refractivity contribution in [2.45, 2.75) is 43.5 Å². The van der Waals surface area contributed by atoms with Gasteiger partial charge in [0.15, 0.2) is 0 Å². The molecule has 0 atom stereocenters. The molecule has 1 aromatic rings. The van der Waals surface area contributed by atoms with Crippen LogP contribution in [0.5, 0.6) is 0 Å². The van der Waals surface area contributed by atoms with E-state index in [9.17, 15) is 13.2 Å². The van der Waals surface area contributed by atoms with Crippen molar-refractivity contribution in [1.29, 1.82) is 0 Å². The molecule has 0 bridgehead atoms. The fraction of sp³-hybridized carbons (Fsp3) is 0.500. The summed E-state index contributed by atoms with van der Waals surface area (Å²) in [6.07, 6.45) is 4.25. The maximum atomic E-state index is 12.3. The minimum absolute atomic E-state index is 0.00356. The third-order valence-corrected chi connectivity index (χ3v) is 5.15. The summed E-state index contributed by atoms with van der Waals surface area (Å²) in [6.45, 7) is 1.94. The SMILES string of the molecule is CCNS(=O)(=O)c1cc(C(=O)O)ccc1NC1CCCC1. The highest BCUT2D eigenvalue weighted by atomic mass is 32.2. The van der Waals surface area contributed by atoms with Crippen LogP contribution in [0.4, 0.5) is 5.69 Å². The minimum atomic E-state index is -3.71. The van der Waals surface area contributed by atoms with Gasteiger partial charge < -0.3 is 10.4 Å². The van der Waals surface area contributed by atoms with Crippen molar-refractivity contribution >= 4 is 21.7 Å². The number of hydrogen-bond acceptors (Lipinski definition) is 4. The van der Waals surface area contributed by atoms with Gasteiger partial charge in [0.25, 0.3) is 0 Å². The second-order valence-corrected chi connectivity index (χ2v) is 6.88. The molecule has 1 fully saturated rings. The number of hydrogen-bond donors (Lipinski definition) is 3. The fourth-order valence-corrected chi connectivity index (χ4v) is 3.79. The van der Waals surface area contributed by atoms with Gasteiger partial charge in [-0.3, -0.25) is 0 Å². The summed E-state index contributed by atoms with van der Waals surface area (Å²) < 4.78 is 26.9. The summed E-state index contributed by atoms with van der Waals surface area (Å²) in [5.74, 6) is -1.14. The molecule has 116 valence electrons. The van der Waals surface area contributed by atoms with Crippen LogP contribution in [0.15, 0.2) is 23.1 Å². The van der Waals surface area contributed by atoms with Crippen molar-refractivity contribution < 1.29 is 18.3 Å². The number of carboxylic acid groups (broad SMARTS) is 1. The summed E-state index contributed by atoms with van der Waals surface area (Å²) in [6, 6.07) is 4.41. The van der Waals surface area contributed by atoms with Gasteiger partial charge in [-0.25, -0.2) is 17.9 Å². The van der Waals surface area contributed by atoms with E-state index in [1.807, 2.05) is 0 Å². The molecule has 21 heavy (non-hydrogen) atoms. The molecule has 6 nitrogen and oxygen atoms in total. The van der Waals surface area contributed by atoms with E-state index in [-0.39, 0.29) is 23.0 Å². The molecule has 0 aliphatic heterocycles. The molecule has 0 saturated heterocycles. The smallest absolute Gasteiger partial charge is 0.335 e. The number of anilines is 1. The van der Waals surface area contributed by atoms with Crippen molar-refractivity contribution in [2.75, 3.05) is 11.9 Å². The monoisotopic (exact) mass is 312 g/mol. The zero-order valence-corrected chi connectivity index (χ0v) is 12.7. The number of carboxylic acids is 1. The molecule has 0 radical (unpaired) electrons. The average Bonchev–Trinajstić information content (AvgIpc) is 2.91. The quantitative estimate of drug-likeness (QED) is 0.747. The molecule has 0 heterocycles. The van der Waals surface area contributed by atoms with E-state index in [2.05, 4.69) is 10.0 Å². The van der Waals surface area contributed by atoms with Crippen molar-refractivity contribution in [1.82, 2.24) is 4.72 Å². The molecular formula is C14H20N2O4S. The van der Waals surface area contributed by atoms with E-state index < -0.39 is 16.0 Å². The van der Waals surface area contributed by atoms with Crippen LogP contribution in [0.25, 0.3) is 0 Å². The lowest BCUT2D eigenvalue weighted by Crippen LogP contribution is -2.26. The van der Waals surface area contributed by atoms with E-state index in [1.165, 1.54) is 18.2 Å². The fourth-order valence-electron chi connectivity index (χ4n) is 2.55. The summed E-state index contributed by atoms with van der Waals surface area (Å²) in [7, 11) is -3.71. The van der Waals surface area contributed by atoms with Crippen LogP contribution in [-0.2, 0) is 10.0 Å². The Balaban J connectivity index is 2.40. The molecule has 0 unspecified atom stereocenters. The summed E-state index contributed by atoms with van der Waals surface area (Å²) in [5.41, 5.74) is 0.427. The van der Waals surface area contributed by atoms with Crippen LogP contribution in [0.1, 0.15) is 43.0 Å². The van der Waals surface area contributed by atoms with Crippen molar-refractivity contribution in [3.8, 4) is 0 Å². The van der Waals surface area contributed by atoms with Crippen LogP contribution < -0.4 is 10.0 Å². The highest BCUT2D eigenvalue weighted by molar-refractivity contribution is 7.89. The molecule has 2 rings (SSSR count). The number of carbonyl (C=O) groups is 1. The normalized spacial score (nSPS) is 16.0. The van der Waals surface area contributed by atoms with E-state index in [0.717, 1.165) is 25.7 Å². The third-order valence-electron chi connectivity index (χ3n) is 3.57. The number of rotatable bonds is 6. The zero-order valence-electron chi connectivity index (χ0n) is 11.9. The molecular weight excluding hydrogens is 292 g/mol. The molecule has 0 aromatic heterocycles. The first-order valence-electron chi connectivity index (χ1n) is 7.07. The van der Waals surface area contributed by atoms with Gasteiger partial charge in [0.1, 0.15) is 4.90 Å². The second-order valence-electron chi connectivity index (χ2n) is 5.14. The van der Waals surface area contributed by atoms with Gasteiger partial charge in [-0.05, 0) is 31.0 Å². The summed E-state index contributed by atoms with van der Waals surface area (Å²) in [5, 5.41) is 12.3.